The number of amides is 2. The number of carboxylic acids is 1. The fourth-order valence-corrected chi connectivity index (χ4v) is 1.80. The van der Waals surface area contributed by atoms with Crippen LogP contribution in [0.2, 0.25) is 0 Å². The van der Waals surface area contributed by atoms with Crippen molar-refractivity contribution in [3.05, 3.63) is 29.6 Å². The van der Waals surface area contributed by atoms with Gasteiger partial charge in [0.2, 0.25) is 0 Å². The molecule has 0 saturated heterocycles. The van der Waals surface area contributed by atoms with Crippen LogP contribution in [0.4, 0.5) is 14.9 Å². The van der Waals surface area contributed by atoms with Gasteiger partial charge in [0, 0.05) is 12.0 Å². The summed E-state index contributed by atoms with van der Waals surface area (Å²) in [6.45, 7) is 3.32. The second-order valence-electron chi connectivity index (χ2n) is 5.54. The highest BCUT2D eigenvalue weighted by Gasteiger charge is 2.22. The zero-order valence-electron chi connectivity index (χ0n) is 13.1. The van der Waals surface area contributed by atoms with E-state index in [1.54, 1.807) is 13.8 Å². The Hall–Kier alpha value is -2.64. The molecule has 0 radical (unpaired) electrons. The first-order valence-corrected chi connectivity index (χ1v) is 6.83. The minimum atomic E-state index is -0.968. The van der Waals surface area contributed by atoms with Crippen LogP contribution in [-0.4, -0.2) is 35.7 Å². The Bertz CT molecular complexity index is 616. The highest BCUT2D eigenvalue weighted by Crippen LogP contribution is 2.17. The summed E-state index contributed by atoms with van der Waals surface area (Å²) in [5, 5.41) is 13.5. The quantitative estimate of drug-likeness (QED) is 0.696. The molecule has 1 aromatic carbocycles. The van der Waals surface area contributed by atoms with Gasteiger partial charge in [-0.2, -0.15) is 0 Å². The van der Waals surface area contributed by atoms with E-state index in [1.807, 2.05) is 0 Å². The van der Waals surface area contributed by atoms with Crippen molar-refractivity contribution in [2.24, 2.45) is 0 Å². The van der Waals surface area contributed by atoms with Crippen molar-refractivity contribution in [3.8, 4) is 0 Å². The maximum absolute atomic E-state index is 13.9. The number of hydrogen-bond donors (Lipinski definition) is 3. The number of esters is 1. The average molecular weight is 326 g/mol. The number of rotatable bonds is 6. The molecule has 126 valence electrons. The third-order valence-corrected chi connectivity index (χ3v) is 3.05. The zero-order valence-corrected chi connectivity index (χ0v) is 13.1. The monoisotopic (exact) mass is 326 g/mol. The maximum atomic E-state index is 13.9. The van der Waals surface area contributed by atoms with Crippen molar-refractivity contribution in [1.82, 2.24) is 5.32 Å². The molecule has 0 aliphatic heterocycles. The van der Waals surface area contributed by atoms with Gasteiger partial charge >= 0.3 is 18.0 Å². The van der Waals surface area contributed by atoms with Crippen LogP contribution in [-0.2, 0) is 9.53 Å². The van der Waals surface area contributed by atoms with E-state index >= 15 is 0 Å². The summed E-state index contributed by atoms with van der Waals surface area (Å²) >= 11 is 0. The van der Waals surface area contributed by atoms with Crippen LogP contribution in [0.25, 0.3) is 0 Å². The van der Waals surface area contributed by atoms with Crippen molar-refractivity contribution >= 4 is 23.7 Å². The van der Waals surface area contributed by atoms with Gasteiger partial charge in [0.1, 0.15) is 5.82 Å². The number of hydrogen-bond acceptors (Lipinski definition) is 4. The van der Waals surface area contributed by atoms with Crippen LogP contribution in [0.15, 0.2) is 18.2 Å². The average Bonchev–Trinajstić information content (AvgIpc) is 2.46. The molecule has 0 bridgehead atoms. The van der Waals surface area contributed by atoms with Crippen molar-refractivity contribution < 1.29 is 28.6 Å². The highest BCUT2D eigenvalue weighted by atomic mass is 19.1. The number of benzene rings is 1. The predicted molar refractivity (Wildman–Crippen MR) is 80.8 cm³/mol. The summed E-state index contributed by atoms with van der Waals surface area (Å²) in [5.74, 6) is -2.44. The smallest absolute Gasteiger partial charge is 0.337 e. The van der Waals surface area contributed by atoms with Gasteiger partial charge in [0.25, 0.3) is 0 Å². The second-order valence-corrected chi connectivity index (χ2v) is 5.54. The molecule has 8 heteroatoms. The number of ether oxygens (including phenoxy) is 1. The summed E-state index contributed by atoms with van der Waals surface area (Å²) in [4.78, 5) is 33.7. The van der Waals surface area contributed by atoms with Crippen molar-refractivity contribution in [2.75, 3.05) is 12.4 Å². The van der Waals surface area contributed by atoms with Crippen LogP contribution < -0.4 is 10.6 Å². The number of aliphatic carboxylic acids is 1. The fraction of sp³-hybridized carbons (Fsp3) is 0.400. The number of nitrogens with one attached hydrogen (secondary N) is 2. The number of anilines is 1. The lowest BCUT2D eigenvalue weighted by atomic mass is 9.99. The molecule has 0 saturated carbocycles. The molecule has 0 aliphatic carbocycles. The minimum absolute atomic E-state index is 0.0257. The van der Waals surface area contributed by atoms with E-state index in [0.717, 1.165) is 6.07 Å². The first kappa shape index (κ1) is 18.4. The molecule has 0 unspecified atom stereocenters. The Kier molecular flexibility index (Phi) is 6.06. The standard InChI is InChI=1S/C15H19FN2O5/c1-15(2,7-6-12(19)20)18-14(22)17-11-5-4-9(8-10(11)16)13(21)23-3/h4-5,8H,6-7H2,1-3H3,(H,19,20)(H2,17,18,22). The Morgan fingerprint density at radius 1 is 1.30 bits per heavy atom. The van der Waals surface area contributed by atoms with Gasteiger partial charge in [-0.15, -0.1) is 0 Å². The molecule has 1 aromatic rings. The first-order chi connectivity index (χ1) is 10.6. The lowest BCUT2D eigenvalue weighted by molar-refractivity contribution is -0.137. The normalized spacial score (nSPS) is 10.8. The van der Waals surface area contributed by atoms with E-state index in [1.165, 1.54) is 19.2 Å². The number of carboxylic acid groups (broad SMARTS) is 1. The molecular weight excluding hydrogens is 307 g/mol. The molecule has 0 atom stereocenters. The van der Waals surface area contributed by atoms with Crippen LogP contribution >= 0.6 is 0 Å². The minimum Gasteiger partial charge on any atom is -0.481 e. The number of carbonyl (C=O) groups is 3. The lowest BCUT2D eigenvalue weighted by Gasteiger charge is -2.25. The number of methoxy groups -OCH3 is 1. The summed E-state index contributed by atoms with van der Waals surface area (Å²) in [7, 11) is 1.18. The first-order valence-electron chi connectivity index (χ1n) is 6.83. The number of carbonyl (C=O) groups excluding carboxylic acids is 2. The molecule has 0 fully saturated rings. The van der Waals surface area contributed by atoms with Gasteiger partial charge in [0.15, 0.2) is 0 Å². The van der Waals surface area contributed by atoms with E-state index in [9.17, 15) is 18.8 Å². The molecule has 0 heterocycles. The topological polar surface area (TPSA) is 105 Å². The summed E-state index contributed by atoms with van der Waals surface area (Å²) in [6.07, 6.45) is 0.120. The van der Waals surface area contributed by atoms with E-state index < -0.39 is 29.3 Å². The van der Waals surface area contributed by atoms with Crippen LogP contribution in [0.1, 0.15) is 37.0 Å². The third-order valence-electron chi connectivity index (χ3n) is 3.05. The maximum Gasteiger partial charge on any atom is 0.337 e. The van der Waals surface area contributed by atoms with Gasteiger partial charge < -0.3 is 20.5 Å². The summed E-state index contributed by atoms with van der Waals surface area (Å²) < 4.78 is 18.3. The van der Waals surface area contributed by atoms with Crippen LogP contribution in [0.5, 0.6) is 0 Å². The molecule has 0 spiro atoms. The molecule has 1 rings (SSSR count). The zero-order chi connectivity index (χ0) is 17.6. The van der Waals surface area contributed by atoms with Crippen LogP contribution in [0.3, 0.4) is 0 Å². The molecule has 7 nitrogen and oxygen atoms in total. The van der Waals surface area contributed by atoms with Gasteiger partial charge in [-0.3, -0.25) is 4.79 Å². The van der Waals surface area contributed by atoms with E-state index in [0.29, 0.717) is 0 Å². The summed E-state index contributed by atoms with van der Waals surface area (Å²) in [6, 6.07) is 2.84. The SMILES string of the molecule is COC(=O)c1ccc(NC(=O)NC(C)(C)CCC(=O)O)c(F)c1. The van der Waals surface area contributed by atoms with Gasteiger partial charge in [-0.05, 0) is 38.5 Å². The summed E-state index contributed by atoms with van der Waals surface area (Å²) in [5.41, 5.74) is -0.854. The van der Waals surface area contributed by atoms with Gasteiger partial charge in [0.05, 0.1) is 18.4 Å². The van der Waals surface area contributed by atoms with E-state index in [2.05, 4.69) is 15.4 Å². The van der Waals surface area contributed by atoms with Crippen molar-refractivity contribution in [2.45, 2.75) is 32.2 Å². The predicted octanol–water partition coefficient (Wildman–Crippen LogP) is 2.38. The third kappa shape index (κ3) is 5.93. The molecule has 0 aliphatic rings. The van der Waals surface area contributed by atoms with E-state index in [4.69, 9.17) is 5.11 Å². The Balaban J connectivity index is 2.70. The highest BCUT2D eigenvalue weighted by molar-refractivity contribution is 5.92. The van der Waals surface area contributed by atoms with E-state index in [-0.39, 0.29) is 24.1 Å². The van der Waals surface area contributed by atoms with Gasteiger partial charge in [-0.25, -0.2) is 14.0 Å². The molecule has 2 amide bonds. The molecule has 0 aromatic heterocycles. The van der Waals surface area contributed by atoms with Crippen molar-refractivity contribution in [3.63, 3.8) is 0 Å². The lowest BCUT2D eigenvalue weighted by Crippen LogP contribution is -2.45. The largest absolute Gasteiger partial charge is 0.481 e. The Labute approximate surface area is 132 Å². The van der Waals surface area contributed by atoms with Gasteiger partial charge in [-0.1, -0.05) is 0 Å². The Morgan fingerprint density at radius 2 is 1.96 bits per heavy atom. The molecule has 3 N–H and O–H groups in total. The number of halogens is 1. The molecule has 23 heavy (non-hydrogen) atoms. The second kappa shape index (κ2) is 7.57. The molecular formula is C15H19FN2O5. The Morgan fingerprint density at radius 3 is 2.48 bits per heavy atom. The number of urea groups is 1. The van der Waals surface area contributed by atoms with Crippen LogP contribution in [0, 0.1) is 5.82 Å². The van der Waals surface area contributed by atoms with Crippen molar-refractivity contribution in [1.29, 1.82) is 0 Å². The fourth-order valence-electron chi connectivity index (χ4n) is 1.80.